The van der Waals surface area contributed by atoms with Gasteiger partial charge in [-0.15, -0.1) is 11.3 Å². The second kappa shape index (κ2) is 5.29. The molecule has 0 bridgehead atoms. The molecule has 1 aliphatic rings. The molecule has 3 nitrogen and oxygen atoms in total. The zero-order chi connectivity index (χ0) is 14.1. The fraction of sp³-hybridized carbons (Fsp3) is 0.312. The van der Waals surface area contributed by atoms with Gasteiger partial charge in [0.1, 0.15) is 0 Å². The first-order valence-corrected chi connectivity index (χ1v) is 7.68. The average Bonchev–Trinajstić information content (AvgIpc) is 2.79. The normalized spacial score (nSPS) is 17.6. The summed E-state index contributed by atoms with van der Waals surface area (Å²) in [6, 6.07) is 10.5. The van der Waals surface area contributed by atoms with Crippen LogP contribution in [0.2, 0.25) is 0 Å². The number of benzene rings is 1. The molecule has 0 fully saturated rings. The molecule has 1 unspecified atom stereocenters. The first-order chi connectivity index (χ1) is 9.63. The van der Waals surface area contributed by atoms with Crippen molar-refractivity contribution in [3.05, 3.63) is 51.2 Å². The van der Waals surface area contributed by atoms with Crippen molar-refractivity contribution in [3.63, 3.8) is 0 Å². The maximum atomic E-state index is 12.2. The molecule has 1 aromatic carbocycles. The number of nitrogen functional groups attached to an aromatic ring is 1. The van der Waals surface area contributed by atoms with Crippen LogP contribution in [-0.4, -0.2) is 11.9 Å². The lowest BCUT2D eigenvalue weighted by molar-refractivity contribution is 0.0938. The highest BCUT2D eigenvalue weighted by Crippen LogP contribution is 2.25. The molecule has 1 aromatic heterocycles. The third-order valence-electron chi connectivity index (χ3n) is 3.86. The van der Waals surface area contributed by atoms with E-state index in [2.05, 4.69) is 29.6 Å². The Morgan fingerprint density at radius 2 is 2.10 bits per heavy atom. The molecule has 0 spiro atoms. The molecule has 1 heterocycles. The Bertz CT molecular complexity index is 628. The number of rotatable bonds is 2. The first kappa shape index (κ1) is 13.2. The minimum atomic E-state index is -0.000758. The number of nitrogens with two attached hydrogens (primary N) is 1. The van der Waals surface area contributed by atoms with E-state index in [0.29, 0.717) is 10.6 Å². The number of fused-ring (bicyclic) bond motifs is 1. The van der Waals surface area contributed by atoms with Crippen LogP contribution < -0.4 is 11.1 Å². The number of thiophene rings is 1. The van der Waals surface area contributed by atoms with E-state index in [9.17, 15) is 4.79 Å². The van der Waals surface area contributed by atoms with E-state index < -0.39 is 0 Å². The summed E-state index contributed by atoms with van der Waals surface area (Å²) in [6.45, 7) is 1.94. The van der Waals surface area contributed by atoms with Gasteiger partial charge in [-0.05, 0) is 43.4 Å². The Morgan fingerprint density at radius 3 is 2.80 bits per heavy atom. The highest BCUT2D eigenvalue weighted by Gasteiger charge is 2.21. The van der Waals surface area contributed by atoms with Gasteiger partial charge in [0.25, 0.3) is 5.91 Å². The van der Waals surface area contributed by atoms with Crippen LogP contribution in [0.1, 0.15) is 32.1 Å². The van der Waals surface area contributed by atoms with E-state index >= 15 is 0 Å². The molecule has 2 aromatic rings. The van der Waals surface area contributed by atoms with Gasteiger partial charge in [0.05, 0.1) is 4.88 Å². The fourth-order valence-corrected chi connectivity index (χ4v) is 3.53. The summed E-state index contributed by atoms with van der Waals surface area (Å²) in [6.07, 6.45) is 2.96. The Labute approximate surface area is 122 Å². The van der Waals surface area contributed by atoms with Crippen LogP contribution in [0.15, 0.2) is 30.3 Å². The van der Waals surface area contributed by atoms with Crippen molar-refractivity contribution in [1.29, 1.82) is 0 Å². The summed E-state index contributed by atoms with van der Waals surface area (Å²) >= 11 is 1.46. The third-order valence-corrected chi connectivity index (χ3v) is 4.93. The molecular formula is C16H18N2OS. The van der Waals surface area contributed by atoms with Gasteiger partial charge in [0.15, 0.2) is 0 Å². The summed E-state index contributed by atoms with van der Waals surface area (Å²) in [4.78, 5) is 13.9. The minimum absolute atomic E-state index is 0.000758. The van der Waals surface area contributed by atoms with Gasteiger partial charge in [-0.2, -0.15) is 0 Å². The van der Waals surface area contributed by atoms with Gasteiger partial charge in [-0.3, -0.25) is 4.79 Å². The van der Waals surface area contributed by atoms with Gasteiger partial charge in [-0.1, -0.05) is 24.3 Å². The number of carbonyl (C=O) groups is 1. The number of nitrogens with one attached hydrogen (secondary N) is 1. The van der Waals surface area contributed by atoms with Crippen molar-refractivity contribution >= 4 is 22.9 Å². The highest BCUT2D eigenvalue weighted by atomic mass is 32.1. The molecule has 20 heavy (non-hydrogen) atoms. The van der Waals surface area contributed by atoms with Gasteiger partial charge in [0.2, 0.25) is 0 Å². The molecule has 1 amide bonds. The van der Waals surface area contributed by atoms with Crippen molar-refractivity contribution < 1.29 is 4.79 Å². The molecular weight excluding hydrogens is 268 g/mol. The fourth-order valence-electron chi connectivity index (χ4n) is 2.69. The lowest BCUT2D eigenvalue weighted by Gasteiger charge is -2.25. The summed E-state index contributed by atoms with van der Waals surface area (Å²) in [5, 5.41) is 3.13. The van der Waals surface area contributed by atoms with E-state index in [0.717, 1.165) is 24.1 Å². The number of hydrogen-bond donors (Lipinski definition) is 2. The molecule has 4 heteroatoms. The Kier molecular flexibility index (Phi) is 3.49. The van der Waals surface area contributed by atoms with E-state index in [1.807, 2.05) is 6.92 Å². The Hall–Kier alpha value is -1.81. The monoisotopic (exact) mass is 286 g/mol. The highest BCUT2D eigenvalue weighted by molar-refractivity contribution is 7.14. The zero-order valence-electron chi connectivity index (χ0n) is 11.5. The predicted molar refractivity (Wildman–Crippen MR) is 83.2 cm³/mol. The van der Waals surface area contributed by atoms with Crippen molar-refractivity contribution in [2.24, 2.45) is 0 Å². The lowest BCUT2D eigenvalue weighted by Crippen LogP contribution is -2.38. The van der Waals surface area contributed by atoms with Crippen molar-refractivity contribution in [3.8, 4) is 0 Å². The quantitative estimate of drug-likeness (QED) is 0.892. The van der Waals surface area contributed by atoms with Crippen LogP contribution in [-0.2, 0) is 12.8 Å². The smallest absolute Gasteiger partial charge is 0.261 e. The minimum Gasteiger partial charge on any atom is -0.398 e. The molecule has 3 rings (SSSR count). The molecule has 1 aliphatic carbocycles. The van der Waals surface area contributed by atoms with Crippen molar-refractivity contribution in [2.45, 2.75) is 32.2 Å². The molecule has 0 radical (unpaired) electrons. The molecule has 104 valence electrons. The average molecular weight is 286 g/mol. The van der Waals surface area contributed by atoms with Crippen LogP contribution in [0.5, 0.6) is 0 Å². The number of anilines is 1. The first-order valence-electron chi connectivity index (χ1n) is 6.87. The van der Waals surface area contributed by atoms with Crippen LogP contribution in [0.3, 0.4) is 0 Å². The van der Waals surface area contributed by atoms with E-state index in [4.69, 9.17) is 5.73 Å². The standard InChI is InChI=1S/C16H18N2OS/c1-10-14(17)9-15(20-10)16(19)18-13-7-6-11-4-2-3-5-12(11)8-13/h2-5,9,13H,6-8,17H2,1H3,(H,18,19). The van der Waals surface area contributed by atoms with Gasteiger partial charge < -0.3 is 11.1 Å². The zero-order valence-corrected chi connectivity index (χ0v) is 12.3. The Balaban J connectivity index is 1.69. The van der Waals surface area contributed by atoms with Crippen LogP contribution in [0, 0.1) is 6.92 Å². The summed E-state index contributed by atoms with van der Waals surface area (Å²) in [7, 11) is 0. The number of carbonyl (C=O) groups excluding carboxylic acids is 1. The van der Waals surface area contributed by atoms with E-state index in [1.54, 1.807) is 6.07 Å². The van der Waals surface area contributed by atoms with Crippen LogP contribution in [0.4, 0.5) is 5.69 Å². The Morgan fingerprint density at radius 1 is 1.35 bits per heavy atom. The number of amides is 1. The maximum absolute atomic E-state index is 12.2. The molecule has 1 atom stereocenters. The molecule has 0 aliphatic heterocycles. The number of aryl methyl sites for hydroxylation is 2. The molecule has 0 saturated heterocycles. The van der Waals surface area contributed by atoms with Crippen molar-refractivity contribution in [2.75, 3.05) is 5.73 Å². The van der Waals surface area contributed by atoms with Crippen LogP contribution >= 0.6 is 11.3 Å². The molecule has 3 N–H and O–H groups in total. The largest absolute Gasteiger partial charge is 0.398 e. The van der Waals surface area contributed by atoms with Crippen LogP contribution in [0.25, 0.3) is 0 Å². The summed E-state index contributed by atoms with van der Waals surface area (Å²) in [5.41, 5.74) is 9.27. The second-order valence-electron chi connectivity index (χ2n) is 5.30. The number of hydrogen-bond acceptors (Lipinski definition) is 3. The molecule has 0 saturated carbocycles. The maximum Gasteiger partial charge on any atom is 0.261 e. The summed E-state index contributed by atoms with van der Waals surface area (Å²) in [5.74, 6) is -0.000758. The second-order valence-corrected chi connectivity index (χ2v) is 6.56. The van der Waals surface area contributed by atoms with Gasteiger partial charge >= 0.3 is 0 Å². The van der Waals surface area contributed by atoms with Gasteiger partial charge in [0, 0.05) is 16.6 Å². The lowest BCUT2D eigenvalue weighted by atomic mass is 9.88. The van der Waals surface area contributed by atoms with E-state index in [1.165, 1.54) is 22.5 Å². The predicted octanol–water partition coefficient (Wildman–Crippen LogP) is 2.93. The van der Waals surface area contributed by atoms with E-state index in [-0.39, 0.29) is 11.9 Å². The third kappa shape index (κ3) is 2.56. The SMILES string of the molecule is Cc1sc(C(=O)NC2CCc3ccccc3C2)cc1N. The van der Waals surface area contributed by atoms with Gasteiger partial charge in [-0.25, -0.2) is 0 Å². The topological polar surface area (TPSA) is 55.1 Å². The summed E-state index contributed by atoms with van der Waals surface area (Å²) < 4.78 is 0. The van der Waals surface area contributed by atoms with Crippen molar-refractivity contribution in [1.82, 2.24) is 5.32 Å².